The maximum atomic E-state index is 14.3. The van der Waals surface area contributed by atoms with Crippen LogP contribution < -0.4 is 9.80 Å². The Kier molecular flexibility index (Phi) is 8.03. The number of aryl methyl sites for hydroxylation is 3. The molecule has 1 aliphatic heterocycles. The molecule has 0 unspecified atom stereocenters. The van der Waals surface area contributed by atoms with Gasteiger partial charge in [-0.1, -0.05) is 49.4 Å². The van der Waals surface area contributed by atoms with Crippen LogP contribution in [0.5, 0.6) is 0 Å². The monoisotopic (exact) mass is 538 g/mol. The normalized spacial score (nSPS) is 16.1. The number of anilines is 2. The lowest BCUT2D eigenvalue weighted by atomic mass is 10.0. The van der Waals surface area contributed by atoms with Gasteiger partial charge in [0.25, 0.3) is 0 Å². The van der Waals surface area contributed by atoms with Crippen molar-refractivity contribution < 1.29 is 14.3 Å². The second-order valence-corrected chi connectivity index (χ2v) is 10.8. The number of carbonyl (C=O) groups is 2. The molecule has 2 amide bonds. The van der Waals surface area contributed by atoms with Crippen molar-refractivity contribution in [2.75, 3.05) is 30.1 Å². The number of nitrogens with zero attached hydrogens (tertiary/aromatic N) is 4. The van der Waals surface area contributed by atoms with E-state index in [9.17, 15) is 9.59 Å². The molecule has 0 bridgehead atoms. The van der Waals surface area contributed by atoms with Gasteiger partial charge in [0.05, 0.1) is 29.4 Å². The lowest BCUT2D eigenvalue weighted by Gasteiger charge is -2.32. The number of hydrogen-bond acceptors (Lipinski definition) is 4. The second kappa shape index (κ2) is 11.6. The Morgan fingerprint density at radius 1 is 1.10 bits per heavy atom. The van der Waals surface area contributed by atoms with E-state index in [2.05, 4.69) is 26.0 Å². The Bertz CT molecular complexity index is 1540. The van der Waals surface area contributed by atoms with Crippen LogP contribution in [-0.2, 0) is 27.3 Å². The van der Waals surface area contributed by atoms with Gasteiger partial charge in [0, 0.05) is 31.7 Å². The van der Waals surface area contributed by atoms with Crippen LogP contribution in [0, 0.1) is 13.8 Å². The summed E-state index contributed by atoms with van der Waals surface area (Å²) < 4.78 is 7.52. The molecule has 1 aliphatic rings. The number of amides is 2. The van der Waals surface area contributed by atoms with Crippen molar-refractivity contribution in [3.63, 3.8) is 0 Å². The van der Waals surface area contributed by atoms with Gasteiger partial charge in [-0.3, -0.25) is 9.59 Å². The van der Waals surface area contributed by atoms with Crippen LogP contribution in [0.25, 0.3) is 11.0 Å². The van der Waals surface area contributed by atoms with Crippen LogP contribution in [0.4, 0.5) is 11.4 Å². The zero-order valence-corrected chi connectivity index (χ0v) is 24.1. The molecule has 0 aliphatic carbocycles. The van der Waals surface area contributed by atoms with Crippen molar-refractivity contribution in [2.45, 2.75) is 59.0 Å². The number of para-hydroxylation sites is 3. The van der Waals surface area contributed by atoms with E-state index in [4.69, 9.17) is 9.72 Å². The van der Waals surface area contributed by atoms with Gasteiger partial charge >= 0.3 is 0 Å². The molecule has 1 aromatic heterocycles. The summed E-state index contributed by atoms with van der Waals surface area (Å²) in [6.07, 6.45) is 1.17. The number of methoxy groups -OCH3 is 1. The zero-order chi connectivity index (χ0) is 28.4. The van der Waals surface area contributed by atoms with E-state index in [0.717, 1.165) is 51.3 Å². The van der Waals surface area contributed by atoms with Crippen LogP contribution in [0.3, 0.4) is 0 Å². The SMILES string of the molecule is CCc1cccc(C)c1N(C(=O)Cn1c([C@@H]2CC(=O)N(c3cccc(C)c3)C2)nc2ccccc21)[C@H](C)COC. The van der Waals surface area contributed by atoms with Gasteiger partial charge in [0.1, 0.15) is 12.4 Å². The highest BCUT2D eigenvalue weighted by atomic mass is 16.5. The van der Waals surface area contributed by atoms with E-state index in [1.165, 1.54) is 0 Å². The predicted octanol–water partition coefficient (Wildman–Crippen LogP) is 5.80. The first-order chi connectivity index (χ1) is 19.3. The molecule has 0 saturated carbocycles. The van der Waals surface area contributed by atoms with Gasteiger partial charge in [-0.2, -0.15) is 0 Å². The maximum absolute atomic E-state index is 14.3. The molecule has 2 atom stereocenters. The van der Waals surface area contributed by atoms with Gasteiger partial charge in [-0.15, -0.1) is 0 Å². The van der Waals surface area contributed by atoms with E-state index in [-0.39, 0.29) is 30.3 Å². The molecule has 7 nitrogen and oxygen atoms in total. The smallest absolute Gasteiger partial charge is 0.247 e. The van der Waals surface area contributed by atoms with Crippen LogP contribution >= 0.6 is 0 Å². The van der Waals surface area contributed by atoms with E-state index in [1.807, 2.05) is 82.8 Å². The van der Waals surface area contributed by atoms with Gasteiger partial charge in [0.15, 0.2) is 0 Å². The summed E-state index contributed by atoms with van der Waals surface area (Å²) in [4.78, 5) is 36.2. The molecular weight excluding hydrogens is 500 g/mol. The number of rotatable bonds is 9. The fourth-order valence-corrected chi connectivity index (χ4v) is 5.97. The molecule has 1 fully saturated rings. The standard InChI is InChI=1S/C33H38N4O3/c1-6-25-13-10-12-23(3)32(25)37(24(4)21-40-5)31(39)20-36-29-16-8-7-15-28(29)34-33(36)26-18-30(38)35(19-26)27-14-9-11-22(2)17-27/h7-17,24,26H,6,18-21H2,1-5H3/t24-,26-/m1/s1. The van der Waals surface area contributed by atoms with Crippen molar-refractivity contribution in [1.29, 1.82) is 0 Å². The third kappa shape index (κ3) is 5.26. The third-order valence-electron chi connectivity index (χ3n) is 7.84. The number of ether oxygens (including phenoxy) is 1. The number of fused-ring (bicyclic) bond motifs is 1. The van der Waals surface area contributed by atoms with Crippen LogP contribution in [-0.4, -0.2) is 47.7 Å². The molecule has 208 valence electrons. The van der Waals surface area contributed by atoms with Crippen LogP contribution in [0.1, 0.15) is 48.7 Å². The van der Waals surface area contributed by atoms with Crippen molar-refractivity contribution in [3.8, 4) is 0 Å². The zero-order valence-electron chi connectivity index (χ0n) is 24.1. The number of hydrogen-bond donors (Lipinski definition) is 0. The molecule has 4 aromatic rings. The first-order valence-electron chi connectivity index (χ1n) is 14.0. The van der Waals surface area contributed by atoms with Gasteiger partial charge in [0.2, 0.25) is 11.8 Å². The maximum Gasteiger partial charge on any atom is 0.247 e. The summed E-state index contributed by atoms with van der Waals surface area (Å²) in [7, 11) is 1.66. The molecule has 1 saturated heterocycles. The number of benzene rings is 3. The molecule has 40 heavy (non-hydrogen) atoms. The quantitative estimate of drug-likeness (QED) is 0.270. The van der Waals surface area contributed by atoms with E-state index >= 15 is 0 Å². The Labute approximate surface area is 236 Å². The largest absolute Gasteiger partial charge is 0.383 e. The average molecular weight is 539 g/mol. The average Bonchev–Trinajstić information content (AvgIpc) is 3.50. The molecule has 0 radical (unpaired) electrons. The molecule has 0 N–H and O–H groups in total. The summed E-state index contributed by atoms with van der Waals surface area (Å²) in [5, 5.41) is 0. The summed E-state index contributed by atoms with van der Waals surface area (Å²) in [5.41, 5.74) is 6.87. The fourth-order valence-electron chi connectivity index (χ4n) is 5.97. The lowest BCUT2D eigenvalue weighted by molar-refractivity contribution is -0.120. The van der Waals surface area contributed by atoms with Gasteiger partial charge < -0.3 is 19.1 Å². The van der Waals surface area contributed by atoms with Crippen LogP contribution in [0.15, 0.2) is 66.7 Å². The molecule has 5 rings (SSSR count). The molecular formula is C33H38N4O3. The van der Waals surface area contributed by atoms with Crippen molar-refractivity contribution in [1.82, 2.24) is 9.55 Å². The van der Waals surface area contributed by atoms with Crippen molar-refractivity contribution in [2.24, 2.45) is 0 Å². The van der Waals surface area contributed by atoms with E-state index in [0.29, 0.717) is 19.6 Å². The number of imidazole rings is 1. The Hall–Kier alpha value is -3.97. The highest BCUT2D eigenvalue weighted by Gasteiger charge is 2.36. The van der Waals surface area contributed by atoms with Crippen molar-refractivity contribution >= 4 is 34.2 Å². The molecule has 7 heteroatoms. The number of aromatic nitrogens is 2. The second-order valence-electron chi connectivity index (χ2n) is 10.8. The van der Waals surface area contributed by atoms with Gasteiger partial charge in [-0.25, -0.2) is 4.98 Å². The minimum atomic E-state index is -0.160. The summed E-state index contributed by atoms with van der Waals surface area (Å²) in [6, 6.07) is 21.9. The van der Waals surface area contributed by atoms with Crippen molar-refractivity contribution in [3.05, 3.63) is 89.2 Å². The highest BCUT2D eigenvalue weighted by Crippen LogP contribution is 2.34. The topological polar surface area (TPSA) is 67.7 Å². The summed E-state index contributed by atoms with van der Waals surface area (Å²) >= 11 is 0. The highest BCUT2D eigenvalue weighted by molar-refractivity contribution is 5.98. The minimum Gasteiger partial charge on any atom is -0.383 e. The third-order valence-corrected chi connectivity index (χ3v) is 7.84. The van der Waals surface area contributed by atoms with Crippen LogP contribution in [0.2, 0.25) is 0 Å². The van der Waals surface area contributed by atoms with Gasteiger partial charge in [-0.05, 0) is 68.1 Å². The Balaban J connectivity index is 1.53. The lowest BCUT2D eigenvalue weighted by Crippen LogP contribution is -2.44. The molecule has 3 aromatic carbocycles. The first kappa shape index (κ1) is 27.6. The molecule has 2 heterocycles. The number of carbonyl (C=O) groups excluding carboxylic acids is 2. The fraction of sp³-hybridized carbons (Fsp3) is 0.364. The first-order valence-corrected chi connectivity index (χ1v) is 14.0. The van der Waals surface area contributed by atoms with E-state index < -0.39 is 0 Å². The summed E-state index contributed by atoms with van der Waals surface area (Å²) in [6.45, 7) is 9.29. The predicted molar refractivity (Wildman–Crippen MR) is 160 cm³/mol. The minimum absolute atomic E-state index is 0.0298. The Morgan fingerprint density at radius 2 is 1.88 bits per heavy atom. The van der Waals surface area contributed by atoms with E-state index in [1.54, 1.807) is 7.11 Å². The Morgan fingerprint density at radius 3 is 2.62 bits per heavy atom. The molecule has 0 spiro atoms. The summed E-state index contributed by atoms with van der Waals surface area (Å²) in [5.74, 6) is 0.696.